The highest BCUT2D eigenvalue weighted by atomic mass is 16.5. The number of esters is 1. The predicted octanol–water partition coefficient (Wildman–Crippen LogP) is 9.26. The third-order valence-electron chi connectivity index (χ3n) is 11.9. The fourth-order valence-corrected chi connectivity index (χ4v) is 9.70. The van der Waals surface area contributed by atoms with E-state index >= 15 is 0 Å². The van der Waals surface area contributed by atoms with Crippen molar-refractivity contribution in [3.63, 3.8) is 0 Å². The first-order chi connectivity index (χ1) is 18.2. The number of carbonyl (C=O) groups excluding carboxylic acids is 1. The number of allylic oxidation sites excluding steroid dienone is 1. The third-order valence-corrected chi connectivity index (χ3v) is 11.9. The summed E-state index contributed by atoms with van der Waals surface area (Å²) in [5.74, 6) is 5.68. The van der Waals surface area contributed by atoms with Gasteiger partial charge in [-0.25, -0.2) is 4.79 Å². The lowest BCUT2D eigenvalue weighted by Crippen LogP contribution is -2.51. The number of fused-ring (bicyclic) bond motifs is 5. The van der Waals surface area contributed by atoms with Gasteiger partial charge in [0.1, 0.15) is 11.9 Å². The molecule has 4 aliphatic rings. The molecular formula is C35H52O3. The van der Waals surface area contributed by atoms with Gasteiger partial charge in [-0.2, -0.15) is 0 Å². The van der Waals surface area contributed by atoms with Crippen LogP contribution in [0.15, 0.2) is 35.9 Å². The molecule has 210 valence electrons. The summed E-state index contributed by atoms with van der Waals surface area (Å²) in [7, 11) is 1.64. The molecule has 0 aromatic heterocycles. The molecule has 1 aromatic carbocycles. The highest BCUT2D eigenvalue weighted by Gasteiger charge is 2.59. The first kappa shape index (κ1) is 27.8. The maximum atomic E-state index is 12.8. The average molecular weight is 521 g/mol. The lowest BCUT2D eigenvalue weighted by atomic mass is 9.47. The quantitative estimate of drug-likeness (QED) is 0.253. The summed E-state index contributed by atoms with van der Waals surface area (Å²) < 4.78 is 11.3. The van der Waals surface area contributed by atoms with E-state index < -0.39 is 0 Å². The molecular weight excluding hydrogens is 468 g/mol. The Morgan fingerprint density at radius 1 is 0.974 bits per heavy atom. The number of carbonyl (C=O) groups is 1. The van der Waals surface area contributed by atoms with Gasteiger partial charge in [-0.1, -0.05) is 65.5 Å². The number of hydrogen-bond donors (Lipinski definition) is 0. The van der Waals surface area contributed by atoms with Crippen molar-refractivity contribution in [3.05, 3.63) is 41.5 Å². The largest absolute Gasteiger partial charge is 0.497 e. The van der Waals surface area contributed by atoms with Gasteiger partial charge in [-0.15, -0.1) is 0 Å². The van der Waals surface area contributed by atoms with Crippen molar-refractivity contribution in [2.75, 3.05) is 7.11 Å². The zero-order valence-electron chi connectivity index (χ0n) is 24.9. The zero-order valence-corrected chi connectivity index (χ0v) is 24.9. The van der Waals surface area contributed by atoms with Gasteiger partial charge in [-0.3, -0.25) is 0 Å². The number of methoxy groups -OCH3 is 1. The van der Waals surface area contributed by atoms with E-state index in [1.54, 1.807) is 24.8 Å². The van der Waals surface area contributed by atoms with Crippen LogP contribution in [0.2, 0.25) is 0 Å². The molecule has 0 saturated heterocycles. The lowest BCUT2D eigenvalue weighted by Gasteiger charge is -2.58. The van der Waals surface area contributed by atoms with Gasteiger partial charge >= 0.3 is 5.97 Å². The van der Waals surface area contributed by atoms with Gasteiger partial charge < -0.3 is 9.47 Å². The summed E-state index contributed by atoms with van der Waals surface area (Å²) in [6.07, 6.45) is 16.8. The van der Waals surface area contributed by atoms with Gasteiger partial charge in [0.05, 0.1) is 12.7 Å². The van der Waals surface area contributed by atoms with E-state index in [2.05, 4.69) is 40.7 Å². The summed E-state index contributed by atoms with van der Waals surface area (Å²) in [4.78, 5) is 12.8. The molecule has 0 bridgehead atoms. The number of benzene rings is 1. The van der Waals surface area contributed by atoms with Gasteiger partial charge in [0, 0.05) is 6.42 Å². The molecule has 3 saturated carbocycles. The summed E-state index contributed by atoms with van der Waals surface area (Å²) in [5, 5.41) is 0. The number of ether oxygens (including phenoxy) is 2. The van der Waals surface area contributed by atoms with Crippen LogP contribution in [0.5, 0.6) is 5.75 Å². The maximum Gasteiger partial charge on any atom is 0.338 e. The van der Waals surface area contributed by atoms with Crippen molar-refractivity contribution in [2.24, 2.45) is 46.3 Å². The van der Waals surface area contributed by atoms with Crippen molar-refractivity contribution in [1.82, 2.24) is 0 Å². The molecule has 0 spiro atoms. The Morgan fingerprint density at radius 2 is 1.74 bits per heavy atom. The van der Waals surface area contributed by atoms with E-state index in [1.807, 2.05) is 12.1 Å². The Morgan fingerprint density at radius 3 is 2.45 bits per heavy atom. The topological polar surface area (TPSA) is 35.5 Å². The predicted molar refractivity (Wildman–Crippen MR) is 155 cm³/mol. The smallest absolute Gasteiger partial charge is 0.338 e. The van der Waals surface area contributed by atoms with E-state index in [0.29, 0.717) is 11.0 Å². The molecule has 4 aliphatic carbocycles. The van der Waals surface area contributed by atoms with E-state index in [-0.39, 0.29) is 17.5 Å². The SMILES string of the molecule is COc1ccc(C(=O)OC2CC[C@@]3(C)C(=CCC4C3CC[C@@]3(C)C4CC[C@@H]3[C@H](C)CCCC(C)C)C2)cc1. The van der Waals surface area contributed by atoms with Crippen molar-refractivity contribution < 1.29 is 14.3 Å². The van der Waals surface area contributed by atoms with Gasteiger partial charge in [-0.05, 0) is 116 Å². The average Bonchev–Trinajstić information content (AvgIpc) is 3.26. The van der Waals surface area contributed by atoms with E-state index in [9.17, 15) is 4.79 Å². The molecule has 3 nitrogen and oxygen atoms in total. The monoisotopic (exact) mass is 520 g/mol. The molecule has 38 heavy (non-hydrogen) atoms. The Hall–Kier alpha value is -1.77. The molecule has 0 heterocycles. The van der Waals surface area contributed by atoms with Crippen molar-refractivity contribution >= 4 is 5.97 Å². The van der Waals surface area contributed by atoms with Gasteiger partial charge in [0.15, 0.2) is 0 Å². The van der Waals surface area contributed by atoms with Gasteiger partial charge in [0.25, 0.3) is 0 Å². The van der Waals surface area contributed by atoms with Crippen LogP contribution in [0.3, 0.4) is 0 Å². The van der Waals surface area contributed by atoms with Crippen LogP contribution in [-0.4, -0.2) is 19.2 Å². The fraction of sp³-hybridized carbons (Fsp3) is 0.743. The second-order valence-electron chi connectivity index (χ2n) is 14.3. The van der Waals surface area contributed by atoms with Crippen molar-refractivity contribution in [2.45, 2.75) is 111 Å². The Kier molecular flexibility index (Phi) is 8.05. The molecule has 0 radical (unpaired) electrons. The second-order valence-corrected chi connectivity index (χ2v) is 14.3. The molecule has 0 aliphatic heterocycles. The summed E-state index contributed by atoms with van der Waals surface area (Å²) in [5.41, 5.74) is 3.01. The highest BCUT2D eigenvalue weighted by Crippen LogP contribution is 2.67. The summed E-state index contributed by atoms with van der Waals surface area (Å²) in [6, 6.07) is 7.26. The van der Waals surface area contributed by atoms with E-state index in [4.69, 9.17) is 9.47 Å². The normalized spacial score (nSPS) is 37.0. The van der Waals surface area contributed by atoms with Gasteiger partial charge in [0.2, 0.25) is 0 Å². The molecule has 3 fully saturated rings. The maximum absolute atomic E-state index is 12.8. The number of hydrogen-bond acceptors (Lipinski definition) is 3. The molecule has 5 rings (SSSR count). The van der Waals surface area contributed by atoms with Crippen LogP contribution < -0.4 is 4.74 Å². The van der Waals surface area contributed by atoms with Crippen LogP contribution in [0.4, 0.5) is 0 Å². The van der Waals surface area contributed by atoms with E-state index in [0.717, 1.165) is 60.5 Å². The Balaban J connectivity index is 1.24. The summed E-state index contributed by atoms with van der Waals surface area (Å²) in [6.45, 7) is 12.5. The summed E-state index contributed by atoms with van der Waals surface area (Å²) >= 11 is 0. The standard InChI is InChI=1S/C35H52O3/c1-23(2)8-7-9-24(3)30-16-17-31-29-15-12-26-22-28(38-33(36)25-10-13-27(37-6)14-11-25)18-20-34(26,4)32(29)19-21-35(30,31)5/h10-14,23-24,28-32H,7-9,15-22H2,1-6H3/t24-,28?,29?,30-,31?,32?,34+,35-/m1/s1. The van der Waals surface area contributed by atoms with Crippen LogP contribution in [0.1, 0.15) is 116 Å². The first-order valence-electron chi connectivity index (χ1n) is 15.7. The molecule has 8 atom stereocenters. The third kappa shape index (κ3) is 5.08. The Labute approximate surface area is 232 Å². The molecule has 0 amide bonds. The van der Waals surface area contributed by atoms with E-state index in [1.165, 1.54) is 51.4 Å². The van der Waals surface area contributed by atoms with Crippen molar-refractivity contribution in [3.8, 4) is 5.75 Å². The molecule has 0 N–H and O–H groups in total. The highest BCUT2D eigenvalue weighted by molar-refractivity contribution is 5.89. The zero-order chi connectivity index (χ0) is 27.1. The first-order valence-corrected chi connectivity index (χ1v) is 15.7. The van der Waals surface area contributed by atoms with Crippen molar-refractivity contribution in [1.29, 1.82) is 0 Å². The molecule has 3 heteroatoms. The minimum absolute atomic E-state index is 0.00289. The Bertz CT molecular complexity index is 1010. The van der Waals surface area contributed by atoms with Crippen LogP contribution in [-0.2, 0) is 4.74 Å². The molecule has 1 aromatic rings. The molecule has 4 unspecified atom stereocenters. The fourth-order valence-electron chi connectivity index (χ4n) is 9.70. The van der Waals surface area contributed by atoms with Crippen LogP contribution >= 0.6 is 0 Å². The van der Waals surface area contributed by atoms with Crippen LogP contribution in [0.25, 0.3) is 0 Å². The minimum Gasteiger partial charge on any atom is -0.497 e. The lowest BCUT2D eigenvalue weighted by molar-refractivity contribution is -0.0594. The number of rotatable bonds is 8. The second kappa shape index (κ2) is 11.0. The minimum atomic E-state index is -0.205. The van der Waals surface area contributed by atoms with Crippen LogP contribution in [0, 0.1) is 46.3 Å².